The molecule has 1 N–H and O–H groups in total. The van der Waals surface area contributed by atoms with Gasteiger partial charge in [-0.05, 0) is 24.3 Å². The number of nitrogens with zero attached hydrogens (tertiary/aromatic N) is 5. The number of halogens is 1. The number of rotatable bonds is 5. The van der Waals surface area contributed by atoms with Crippen molar-refractivity contribution in [2.75, 3.05) is 41.3 Å². The molecule has 0 unspecified atom stereocenters. The van der Waals surface area contributed by atoms with Crippen LogP contribution < -0.4 is 15.1 Å². The number of nitrogens with one attached hydrogen (secondary N) is 1. The van der Waals surface area contributed by atoms with E-state index in [2.05, 4.69) is 32.3 Å². The summed E-state index contributed by atoms with van der Waals surface area (Å²) in [5.74, 6) is 0.436. The first-order valence-electron chi connectivity index (χ1n) is 9.19. The lowest BCUT2D eigenvalue weighted by molar-refractivity contribution is -0.383. The molecule has 2 heterocycles. The second kappa shape index (κ2) is 8.32. The van der Waals surface area contributed by atoms with Crippen LogP contribution in [0.4, 0.5) is 28.7 Å². The lowest BCUT2D eigenvalue weighted by Gasteiger charge is -2.36. The molecule has 3 aromatic rings. The van der Waals surface area contributed by atoms with Gasteiger partial charge in [-0.2, -0.15) is 0 Å². The summed E-state index contributed by atoms with van der Waals surface area (Å²) in [6.07, 6.45) is 1.34. The van der Waals surface area contributed by atoms with Gasteiger partial charge < -0.3 is 15.1 Å². The monoisotopic (exact) mass is 410 g/mol. The van der Waals surface area contributed by atoms with Crippen molar-refractivity contribution >= 4 is 40.3 Å². The molecule has 0 saturated carbocycles. The molecule has 0 bridgehead atoms. The lowest BCUT2D eigenvalue weighted by atomic mass is 10.2. The molecule has 0 radical (unpaired) electrons. The Hall–Kier alpha value is -3.39. The number of aromatic nitrogens is 2. The van der Waals surface area contributed by atoms with Crippen molar-refractivity contribution in [2.24, 2.45) is 0 Å². The zero-order valence-electron chi connectivity index (χ0n) is 15.5. The third-order valence-corrected chi connectivity index (χ3v) is 5.14. The Morgan fingerprint density at radius 1 is 0.931 bits per heavy atom. The number of hydrogen-bond donors (Lipinski definition) is 1. The minimum Gasteiger partial charge on any atom is -0.368 e. The molecule has 4 rings (SSSR count). The van der Waals surface area contributed by atoms with Crippen LogP contribution in [0.1, 0.15) is 0 Å². The number of anilines is 4. The Morgan fingerprint density at radius 3 is 2.28 bits per heavy atom. The van der Waals surface area contributed by atoms with Gasteiger partial charge in [0.1, 0.15) is 6.33 Å². The smallest absolute Gasteiger partial charge is 0.353 e. The van der Waals surface area contributed by atoms with Gasteiger partial charge in [0.15, 0.2) is 0 Å². The quantitative estimate of drug-likeness (QED) is 0.500. The molecule has 148 valence electrons. The molecule has 8 nitrogen and oxygen atoms in total. The van der Waals surface area contributed by atoms with Crippen molar-refractivity contribution in [3.63, 3.8) is 0 Å². The molecule has 29 heavy (non-hydrogen) atoms. The molecule has 1 aromatic heterocycles. The first kappa shape index (κ1) is 18.9. The van der Waals surface area contributed by atoms with E-state index in [1.54, 1.807) is 24.3 Å². The summed E-state index contributed by atoms with van der Waals surface area (Å²) in [5, 5.41) is 15.3. The average Bonchev–Trinajstić information content (AvgIpc) is 2.76. The second-order valence-electron chi connectivity index (χ2n) is 6.57. The summed E-state index contributed by atoms with van der Waals surface area (Å²) in [5.41, 5.74) is 1.54. The van der Waals surface area contributed by atoms with Crippen LogP contribution in [0.15, 0.2) is 60.9 Å². The highest BCUT2D eigenvalue weighted by Crippen LogP contribution is 2.35. The molecule has 1 saturated heterocycles. The molecule has 1 aliphatic heterocycles. The van der Waals surface area contributed by atoms with Crippen LogP contribution in [0, 0.1) is 10.1 Å². The first-order valence-corrected chi connectivity index (χ1v) is 9.57. The van der Waals surface area contributed by atoms with E-state index in [-0.39, 0.29) is 11.5 Å². The number of para-hydroxylation sites is 2. The summed E-state index contributed by atoms with van der Waals surface area (Å²) in [7, 11) is 0. The largest absolute Gasteiger partial charge is 0.368 e. The van der Waals surface area contributed by atoms with Crippen LogP contribution in [0.2, 0.25) is 5.02 Å². The zero-order valence-corrected chi connectivity index (χ0v) is 16.3. The van der Waals surface area contributed by atoms with Crippen LogP contribution in [0.5, 0.6) is 0 Å². The second-order valence-corrected chi connectivity index (χ2v) is 6.97. The average molecular weight is 411 g/mol. The molecular formula is C20H19ClN6O2. The zero-order chi connectivity index (χ0) is 20.2. The molecular weight excluding hydrogens is 392 g/mol. The highest BCUT2D eigenvalue weighted by atomic mass is 35.5. The van der Waals surface area contributed by atoms with E-state index in [9.17, 15) is 10.1 Å². The van der Waals surface area contributed by atoms with Gasteiger partial charge in [-0.1, -0.05) is 41.9 Å². The van der Waals surface area contributed by atoms with E-state index in [1.165, 1.54) is 6.33 Å². The Kier molecular flexibility index (Phi) is 5.44. The van der Waals surface area contributed by atoms with Gasteiger partial charge in [-0.3, -0.25) is 10.1 Å². The predicted octanol–water partition coefficient (Wildman–Crippen LogP) is 4.11. The molecule has 9 heteroatoms. The van der Waals surface area contributed by atoms with Crippen LogP contribution in [-0.4, -0.2) is 41.1 Å². The molecule has 2 aromatic carbocycles. The SMILES string of the molecule is O=[N+]([O-])c1c(Nc2ccccc2Cl)ncnc1N1CCN(c2ccccc2)CC1. The maximum atomic E-state index is 11.9. The maximum Gasteiger partial charge on any atom is 0.353 e. The number of benzene rings is 2. The van der Waals surface area contributed by atoms with Gasteiger partial charge in [-0.25, -0.2) is 9.97 Å². The Labute approximate surface area is 172 Å². The summed E-state index contributed by atoms with van der Waals surface area (Å²) < 4.78 is 0. The highest BCUT2D eigenvalue weighted by Gasteiger charge is 2.29. The molecule has 0 amide bonds. The van der Waals surface area contributed by atoms with E-state index in [0.717, 1.165) is 18.8 Å². The number of nitro groups is 1. The first-order chi connectivity index (χ1) is 14.1. The summed E-state index contributed by atoms with van der Waals surface area (Å²) >= 11 is 6.18. The van der Waals surface area contributed by atoms with Crippen molar-refractivity contribution in [3.05, 3.63) is 76.1 Å². The fourth-order valence-electron chi connectivity index (χ4n) is 3.37. The normalized spacial score (nSPS) is 14.0. The van der Waals surface area contributed by atoms with Gasteiger partial charge in [0.25, 0.3) is 0 Å². The predicted molar refractivity (Wildman–Crippen MR) is 114 cm³/mol. The minimum atomic E-state index is -0.446. The van der Waals surface area contributed by atoms with E-state index >= 15 is 0 Å². The van der Waals surface area contributed by atoms with Gasteiger partial charge in [-0.15, -0.1) is 0 Å². The van der Waals surface area contributed by atoms with E-state index in [1.807, 2.05) is 23.1 Å². The highest BCUT2D eigenvalue weighted by molar-refractivity contribution is 6.33. The van der Waals surface area contributed by atoms with Crippen molar-refractivity contribution < 1.29 is 4.92 Å². The Morgan fingerprint density at radius 2 is 1.59 bits per heavy atom. The van der Waals surface area contributed by atoms with Crippen molar-refractivity contribution in [3.8, 4) is 0 Å². The van der Waals surface area contributed by atoms with Crippen molar-refractivity contribution in [1.82, 2.24) is 9.97 Å². The van der Waals surface area contributed by atoms with Crippen LogP contribution in [0.3, 0.4) is 0 Å². The fourth-order valence-corrected chi connectivity index (χ4v) is 3.55. The fraction of sp³-hybridized carbons (Fsp3) is 0.200. The molecule has 0 spiro atoms. The third-order valence-electron chi connectivity index (χ3n) is 4.81. The van der Waals surface area contributed by atoms with Gasteiger partial charge in [0.05, 0.1) is 15.6 Å². The molecule has 1 aliphatic rings. The third kappa shape index (κ3) is 4.07. The van der Waals surface area contributed by atoms with E-state index in [4.69, 9.17) is 11.6 Å². The van der Waals surface area contributed by atoms with Gasteiger partial charge in [0.2, 0.25) is 11.6 Å². The van der Waals surface area contributed by atoms with Crippen molar-refractivity contribution in [2.45, 2.75) is 0 Å². The van der Waals surface area contributed by atoms with Crippen LogP contribution in [0.25, 0.3) is 0 Å². The Balaban J connectivity index is 1.58. The topological polar surface area (TPSA) is 87.4 Å². The molecule has 0 atom stereocenters. The van der Waals surface area contributed by atoms with Crippen molar-refractivity contribution in [1.29, 1.82) is 0 Å². The molecule has 0 aliphatic carbocycles. The Bertz CT molecular complexity index is 1010. The molecule has 1 fully saturated rings. The standard InChI is InChI=1S/C20H19ClN6O2/c21-16-8-4-5-9-17(16)24-19-18(27(28)29)20(23-14-22-19)26-12-10-25(11-13-26)15-6-2-1-3-7-15/h1-9,14H,10-13H2,(H,22,23,24). The summed E-state index contributed by atoms with van der Waals surface area (Å²) in [6.45, 7) is 2.74. The summed E-state index contributed by atoms with van der Waals surface area (Å²) in [4.78, 5) is 23.9. The number of piperazine rings is 1. The maximum absolute atomic E-state index is 11.9. The van der Waals surface area contributed by atoms with Crippen LogP contribution >= 0.6 is 11.6 Å². The van der Waals surface area contributed by atoms with Crippen LogP contribution in [-0.2, 0) is 0 Å². The number of hydrogen-bond acceptors (Lipinski definition) is 7. The van der Waals surface area contributed by atoms with E-state index < -0.39 is 4.92 Å². The van der Waals surface area contributed by atoms with E-state index in [0.29, 0.717) is 29.6 Å². The minimum absolute atomic E-state index is 0.124. The summed E-state index contributed by atoms with van der Waals surface area (Å²) in [6, 6.07) is 17.2. The lowest BCUT2D eigenvalue weighted by Crippen LogP contribution is -2.47. The van der Waals surface area contributed by atoms with Gasteiger partial charge in [0, 0.05) is 31.9 Å². The van der Waals surface area contributed by atoms with Gasteiger partial charge >= 0.3 is 5.69 Å².